The Hall–Kier alpha value is -1.96. The molecule has 0 spiro atoms. The van der Waals surface area contributed by atoms with E-state index < -0.39 is 0 Å². The Balaban J connectivity index is 1.81. The van der Waals surface area contributed by atoms with E-state index in [-0.39, 0.29) is 11.9 Å². The summed E-state index contributed by atoms with van der Waals surface area (Å²) in [6.07, 6.45) is 0. The number of hydrogen-bond acceptors (Lipinski definition) is 6. The lowest BCUT2D eigenvalue weighted by atomic mass is 10.2. The van der Waals surface area contributed by atoms with Crippen LogP contribution in [0.25, 0.3) is 9.53 Å². The van der Waals surface area contributed by atoms with Crippen LogP contribution < -0.4 is 11.1 Å². The minimum absolute atomic E-state index is 0.00318. The number of fused-ring (bicyclic) bond motifs is 1. The van der Waals surface area contributed by atoms with Gasteiger partial charge in [0, 0.05) is 25.3 Å². The normalized spacial score (nSPS) is 12.3. The molecule has 0 aliphatic carbocycles. The van der Waals surface area contributed by atoms with Crippen molar-refractivity contribution in [2.75, 3.05) is 18.9 Å². The SMILES string of the molecule is Cc1ccccc1Nc1nc2sc(C(=O)N(C)C(C)CN)cc2s1. The molecular weight excluding hydrogens is 340 g/mol. The van der Waals surface area contributed by atoms with Crippen LogP contribution >= 0.6 is 22.7 Å². The Bertz CT molecular complexity index is 839. The fourth-order valence-corrected chi connectivity index (χ4v) is 4.37. The molecule has 3 N–H and O–H groups in total. The second-order valence-corrected chi connectivity index (χ2v) is 7.80. The topological polar surface area (TPSA) is 71.2 Å². The third-order valence-electron chi connectivity index (χ3n) is 4.01. The number of rotatable bonds is 5. The lowest BCUT2D eigenvalue weighted by molar-refractivity contribution is 0.0753. The van der Waals surface area contributed by atoms with Crippen molar-refractivity contribution in [2.45, 2.75) is 19.9 Å². The maximum absolute atomic E-state index is 12.5. The number of carbonyl (C=O) groups excluding carboxylic acids is 1. The molecule has 0 saturated carbocycles. The average molecular weight is 361 g/mol. The van der Waals surface area contributed by atoms with Gasteiger partial charge in [0.05, 0.1) is 9.58 Å². The molecule has 24 heavy (non-hydrogen) atoms. The predicted octanol–water partition coefficient (Wildman–Crippen LogP) is 3.83. The molecule has 1 atom stereocenters. The fraction of sp³-hybridized carbons (Fsp3) is 0.294. The summed E-state index contributed by atoms with van der Waals surface area (Å²) < 4.78 is 1.02. The van der Waals surface area contributed by atoms with Gasteiger partial charge in [-0.3, -0.25) is 4.79 Å². The molecule has 3 rings (SSSR count). The van der Waals surface area contributed by atoms with Gasteiger partial charge in [0.15, 0.2) is 5.13 Å². The molecule has 0 saturated heterocycles. The van der Waals surface area contributed by atoms with Crippen molar-refractivity contribution in [3.63, 3.8) is 0 Å². The zero-order valence-electron chi connectivity index (χ0n) is 13.9. The average Bonchev–Trinajstić information content (AvgIpc) is 3.13. The number of nitrogens with zero attached hydrogens (tertiary/aromatic N) is 2. The van der Waals surface area contributed by atoms with Crippen molar-refractivity contribution in [3.05, 3.63) is 40.8 Å². The molecule has 0 aliphatic rings. The van der Waals surface area contributed by atoms with Crippen molar-refractivity contribution < 1.29 is 4.79 Å². The molecular formula is C17H20N4OS2. The van der Waals surface area contributed by atoms with Gasteiger partial charge in [-0.05, 0) is 31.5 Å². The summed E-state index contributed by atoms with van der Waals surface area (Å²) >= 11 is 2.98. The number of carbonyl (C=O) groups is 1. The van der Waals surface area contributed by atoms with Gasteiger partial charge in [-0.1, -0.05) is 29.5 Å². The summed E-state index contributed by atoms with van der Waals surface area (Å²) in [6, 6.07) is 10.0. The molecule has 2 aromatic heterocycles. The molecule has 2 heterocycles. The van der Waals surface area contributed by atoms with Crippen LogP contribution in [0.1, 0.15) is 22.2 Å². The van der Waals surface area contributed by atoms with E-state index >= 15 is 0 Å². The van der Waals surface area contributed by atoms with Crippen molar-refractivity contribution in [1.29, 1.82) is 0 Å². The Morgan fingerprint density at radius 1 is 1.38 bits per heavy atom. The van der Waals surface area contributed by atoms with E-state index in [1.807, 2.05) is 31.2 Å². The highest BCUT2D eigenvalue weighted by molar-refractivity contribution is 7.29. The van der Waals surface area contributed by atoms with Gasteiger partial charge in [-0.2, -0.15) is 0 Å². The van der Waals surface area contributed by atoms with Crippen molar-refractivity contribution in [3.8, 4) is 0 Å². The molecule has 7 heteroatoms. The van der Waals surface area contributed by atoms with Crippen LogP contribution in [0.4, 0.5) is 10.8 Å². The first-order valence-electron chi connectivity index (χ1n) is 7.70. The number of likely N-dealkylation sites (N-methyl/N-ethyl adjacent to an activating group) is 1. The molecule has 1 aromatic carbocycles. The Kier molecular flexibility index (Phi) is 4.84. The first kappa shape index (κ1) is 16.9. The first-order valence-corrected chi connectivity index (χ1v) is 9.33. The number of nitrogens with two attached hydrogens (primary N) is 1. The Labute approximate surface area is 149 Å². The third-order valence-corrected chi connectivity index (χ3v) is 6.07. The molecule has 0 fully saturated rings. The second kappa shape index (κ2) is 6.88. The molecule has 0 bridgehead atoms. The van der Waals surface area contributed by atoms with Crippen LogP contribution in [-0.2, 0) is 0 Å². The number of amides is 1. The van der Waals surface area contributed by atoms with E-state index in [4.69, 9.17) is 5.73 Å². The van der Waals surface area contributed by atoms with E-state index in [1.165, 1.54) is 16.9 Å². The van der Waals surface area contributed by atoms with Gasteiger partial charge in [-0.25, -0.2) is 4.98 Å². The predicted molar refractivity (Wildman–Crippen MR) is 103 cm³/mol. The summed E-state index contributed by atoms with van der Waals surface area (Å²) in [4.78, 5) is 20.4. The van der Waals surface area contributed by atoms with Crippen LogP contribution in [0.2, 0.25) is 0 Å². The summed E-state index contributed by atoms with van der Waals surface area (Å²) in [5.41, 5.74) is 7.86. The number of hydrogen-bond donors (Lipinski definition) is 2. The van der Waals surface area contributed by atoms with Crippen molar-refractivity contribution >= 4 is 48.9 Å². The second-order valence-electron chi connectivity index (χ2n) is 5.74. The summed E-state index contributed by atoms with van der Waals surface area (Å²) in [5, 5.41) is 4.19. The number of thiophene rings is 1. The minimum atomic E-state index is -0.00318. The highest BCUT2D eigenvalue weighted by Crippen LogP contribution is 2.35. The van der Waals surface area contributed by atoms with Gasteiger partial charge in [0.1, 0.15) is 4.83 Å². The zero-order chi connectivity index (χ0) is 17.3. The van der Waals surface area contributed by atoms with Gasteiger partial charge in [0.2, 0.25) is 0 Å². The monoisotopic (exact) mass is 360 g/mol. The van der Waals surface area contributed by atoms with E-state index in [2.05, 4.69) is 23.3 Å². The van der Waals surface area contributed by atoms with E-state index in [1.54, 1.807) is 23.3 Å². The third kappa shape index (κ3) is 3.28. The van der Waals surface area contributed by atoms with Crippen LogP contribution in [0, 0.1) is 6.92 Å². The fourth-order valence-electron chi connectivity index (χ4n) is 2.25. The standard InChI is InChI=1S/C17H20N4OS2/c1-10-6-4-5-7-12(10)19-17-20-15-13(24-17)8-14(23-15)16(22)21(3)11(2)9-18/h4-8,11H,9,18H2,1-3H3,(H,19,20). The van der Waals surface area contributed by atoms with Gasteiger partial charge >= 0.3 is 0 Å². The molecule has 3 aromatic rings. The molecule has 126 valence electrons. The number of para-hydroxylation sites is 1. The van der Waals surface area contributed by atoms with Crippen molar-refractivity contribution in [2.24, 2.45) is 5.73 Å². The lowest BCUT2D eigenvalue weighted by Gasteiger charge is -2.22. The molecule has 1 amide bonds. The number of aryl methyl sites for hydroxylation is 1. The van der Waals surface area contributed by atoms with Gasteiger partial charge in [-0.15, -0.1) is 11.3 Å². The summed E-state index contributed by atoms with van der Waals surface area (Å²) in [7, 11) is 1.78. The van der Waals surface area contributed by atoms with Crippen molar-refractivity contribution in [1.82, 2.24) is 9.88 Å². The van der Waals surface area contributed by atoms with Crippen LogP contribution in [0.3, 0.4) is 0 Å². The quantitative estimate of drug-likeness (QED) is 0.725. The lowest BCUT2D eigenvalue weighted by Crippen LogP contribution is -2.39. The van der Waals surface area contributed by atoms with E-state index in [9.17, 15) is 4.79 Å². The molecule has 5 nitrogen and oxygen atoms in total. The van der Waals surface area contributed by atoms with E-state index in [0.717, 1.165) is 20.3 Å². The smallest absolute Gasteiger partial charge is 0.264 e. The number of thiazole rings is 1. The molecule has 0 aliphatic heterocycles. The van der Waals surface area contributed by atoms with Gasteiger partial charge < -0.3 is 16.0 Å². The highest BCUT2D eigenvalue weighted by Gasteiger charge is 2.20. The van der Waals surface area contributed by atoms with E-state index in [0.29, 0.717) is 11.4 Å². The minimum Gasteiger partial charge on any atom is -0.337 e. The molecule has 0 radical (unpaired) electrons. The largest absolute Gasteiger partial charge is 0.337 e. The highest BCUT2D eigenvalue weighted by atomic mass is 32.1. The Morgan fingerprint density at radius 3 is 2.79 bits per heavy atom. The first-order chi connectivity index (χ1) is 11.5. The number of benzene rings is 1. The number of anilines is 2. The Morgan fingerprint density at radius 2 is 2.12 bits per heavy atom. The van der Waals surface area contributed by atoms with Gasteiger partial charge in [0.25, 0.3) is 5.91 Å². The maximum atomic E-state index is 12.5. The zero-order valence-corrected chi connectivity index (χ0v) is 15.5. The summed E-state index contributed by atoms with van der Waals surface area (Å²) in [5.74, 6) is -0.00318. The van der Waals surface area contributed by atoms with Crippen LogP contribution in [0.5, 0.6) is 0 Å². The summed E-state index contributed by atoms with van der Waals surface area (Å²) in [6.45, 7) is 4.45. The number of nitrogens with one attached hydrogen (secondary N) is 1. The molecule has 1 unspecified atom stereocenters. The maximum Gasteiger partial charge on any atom is 0.264 e. The number of aromatic nitrogens is 1. The van der Waals surface area contributed by atoms with Crippen LogP contribution in [-0.4, -0.2) is 35.4 Å². The van der Waals surface area contributed by atoms with Crippen LogP contribution in [0.15, 0.2) is 30.3 Å².